The molecule has 0 saturated heterocycles. The van der Waals surface area contributed by atoms with Crippen molar-refractivity contribution in [1.29, 1.82) is 0 Å². The summed E-state index contributed by atoms with van der Waals surface area (Å²) in [5.74, 6) is 0.0143. The Morgan fingerprint density at radius 1 is 1.29 bits per heavy atom. The van der Waals surface area contributed by atoms with Crippen LogP contribution in [0.25, 0.3) is 0 Å². The van der Waals surface area contributed by atoms with Crippen molar-refractivity contribution in [2.45, 2.75) is 0 Å². The number of nitrogens with zero attached hydrogens (tertiary/aromatic N) is 1. The molecule has 0 bridgehead atoms. The highest BCUT2D eigenvalue weighted by atomic mass is 79.9. The zero-order valence-electron chi connectivity index (χ0n) is 8.61. The lowest BCUT2D eigenvalue weighted by atomic mass is 10.2. The lowest BCUT2D eigenvalue weighted by Gasteiger charge is -2.03. The Morgan fingerprint density at radius 2 is 2.12 bits per heavy atom. The van der Waals surface area contributed by atoms with E-state index in [1.165, 1.54) is 12.1 Å². The predicted molar refractivity (Wildman–Crippen MR) is 67.0 cm³/mol. The Hall–Kier alpha value is -1.95. The van der Waals surface area contributed by atoms with Gasteiger partial charge in [0.15, 0.2) is 5.82 Å². The van der Waals surface area contributed by atoms with Crippen molar-refractivity contribution >= 4 is 27.7 Å². The number of halogens is 1. The minimum absolute atomic E-state index is 0.286. The van der Waals surface area contributed by atoms with Gasteiger partial charge in [-0.25, -0.2) is 5.10 Å². The number of carbonyl (C=O) groups excluding carboxylic acids is 1. The third-order valence-corrected chi connectivity index (χ3v) is 2.50. The molecular formula is C11H8BrN3O2. The first-order chi connectivity index (χ1) is 8.15. The van der Waals surface area contributed by atoms with Gasteiger partial charge in [0.05, 0.1) is 0 Å². The fraction of sp³-hybridized carbons (Fsp3) is 0. The van der Waals surface area contributed by atoms with Crippen molar-refractivity contribution in [2.24, 2.45) is 0 Å². The molecule has 0 aliphatic heterocycles. The summed E-state index contributed by atoms with van der Waals surface area (Å²) in [6.07, 6.45) is 0. The van der Waals surface area contributed by atoms with Gasteiger partial charge in [0.2, 0.25) is 0 Å². The molecule has 0 aliphatic rings. The molecule has 1 amide bonds. The normalized spacial score (nSPS) is 9.94. The first-order valence-electron chi connectivity index (χ1n) is 4.78. The van der Waals surface area contributed by atoms with Crippen molar-refractivity contribution in [3.63, 3.8) is 0 Å². The van der Waals surface area contributed by atoms with Crippen molar-refractivity contribution < 1.29 is 4.79 Å². The number of carbonyl (C=O) groups is 1. The molecule has 0 atom stereocenters. The molecule has 0 spiro atoms. The molecule has 2 N–H and O–H groups in total. The van der Waals surface area contributed by atoms with Crippen molar-refractivity contribution in [3.8, 4) is 0 Å². The van der Waals surface area contributed by atoms with Crippen LogP contribution in [0.4, 0.5) is 5.82 Å². The molecule has 2 aromatic rings. The summed E-state index contributed by atoms with van der Waals surface area (Å²) in [4.78, 5) is 22.6. The lowest BCUT2D eigenvalue weighted by Crippen LogP contribution is -2.15. The third kappa shape index (κ3) is 3.01. The SMILES string of the molecule is O=C(Nc1ccc(=O)[nH]n1)c1cccc(Br)c1. The molecule has 0 saturated carbocycles. The number of benzene rings is 1. The van der Waals surface area contributed by atoms with Gasteiger partial charge in [-0.15, -0.1) is 0 Å². The lowest BCUT2D eigenvalue weighted by molar-refractivity contribution is 0.102. The molecular weight excluding hydrogens is 286 g/mol. The summed E-state index contributed by atoms with van der Waals surface area (Å²) in [6, 6.07) is 9.71. The average Bonchev–Trinajstić information content (AvgIpc) is 2.32. The second kappa shape index (κ2) is 4.92. The molecule has 0 unspecified atom stereocenters. The molecule has 1 aromatic heterocycles. The summed E-state index contributed by atoms with van der Waals surface area (Å²) in [6.45, 7) is 0. The number of hydrogen-bond acceptors (Lipinski definition) is 3. The molecule has 1 heterocycles. The maximum absolute atomic E-state index is 11.8. The third-order valence-electron chi connectivity index (χ3n) is 2.01. The van der Waals surface area contributed by atoms with Crippen LogP contribution in [0, 0.1) is 0 Å². The maximum Gasteiger partial charge on any atom is 0.264 e. The molecule has 1 aromatic carbocycles. The standard InChI is InChI=1S/C11H8BrN3O2/c12-8-3-1-2-7(6-8)11(17)13-9-4-5-10(16)15-14-9/h1-6H,(H,15,16)(H,13,14,17). The first kappa shape index (κ1) is 11.5. The highest BCUT2D eigenvalue weighted by Crippen LogP contribution is 2.12. The predicted octanol–water partition coefficient (Wildman–Crippen LogP) is 1.78. The van der Waals surface area contributed by atoms with Crippen LogP contribution in [0.3, 0.4) is 0 Å². The molecule has 6 heteroatoms. The Balaban J connectivity index is 2.17. The summed E-state index contributed by atoms with van der Waals surface area (Å²) in [5.41, 5.74) is 0.192. The van der Waals surface area contributed by atoms with Crippen molar-refractivity contribution in [2.75, 3.05) is 5.32 Å². The van der Waals surface area contributed by atoms with Crippen LogP contribution in [-0.4, -0.2) is 16.1 Å². The summed E-state index contributed by atoms with van der Waals surface area (Å²) >= 11 is 3.28. The molecule has 0 fully saturated rings. The van der Waals surface area contributed by atoms with Crippen LogP contribution >= 0.6 is 15.9 Å². The van der Waals surface area contributed by atoms with Crippen LogP contribution in [0.1, 0.15) is 10.4 Å². The zero-order valence-corrected chi connectivity index (χ0v) is 10.2. The monoisotopic (exact) mass is 293 g/mol. The van der Waals surface area contributed by atoms with Crippen LogP contribution < -0.4 is 10.9 Å². The van der Waals surface area contributed by atoms with E-state index in [9.17, 15) is 9.59 Å². The zero-order chi connectivity index (χ0) is 12.3. The van der Waals surface area contributed by atoms with Gasteiger partial charge < -0.3 is 5.32 Å². The maximum atomic E-state index is 11.8. The minimum atomic E-state index is -0.314. The Morgan fingerprint density at radius 3 is 2.76 bits per heavy atom. The van der Waals surface area contributed by atoms with Gasteiger partial charge in [0.25, 0.3) is 11.5 Å². The second-order valence-electron chi connectivity index (χ2n) is 3.27. The number of nitrogens with one attached hydrogen (secondary N) is 2. The average molecular weight is 294 g/mol. The number of rotatable bonds is 2. The quantitative estimate of drug-likeness (QED) is 0.886. The van der Waals surface area contributed by atoms with Crippen LogP contribution in [0.5, 0.6) is 0 Å². The van der Waals surface area contributed by atoms with E-state index in [1.54, 1.807) is 18.2 Å². The van der Waals surface area contributed by atoms with Gasteiger partial charge in [-0.05, 0) is 24.3 Å². The van der Waals surface area contributed by atoms with E-state index in [4.69, 9.17) is 0 Å². The van der Waals surface area contributed by atoms with Crippen LogP contribution in [-0.2, 0) is 0 Å². The highest BCUT2D eigenvalue weighted by Gasteiger charge is 2.06. The number of anilines is 1. The Kier molecular flexibility index (Phi) is 3.34. The molecule has 17 heavy (non-hydrogen) atoms. The van der Waals surface area contributed by atoms with Gasteiger partial charge >= 0.3 is 0 Å². The fourth-order valence-electron chi connectivity index (χ4n) is 1.23. The van der Waals surface area contributed by atoms with Gasteiger partial charge in [0.1, 0.15) is 0 Å². The van der Waals surface area contributed by atoms with E-state index in [0.29, 0.717) is 11.4 Å². The van der Waals surface area contributed by atoms with Gasteiger partial charge in [-0.2, -0.15) is 5.10 Å². The molecule has 86 valence electrons. The number of H-pyrrole nitrogens is 1. The highest BCUT2D eigenvalue weighted by molar-refractivity contribution is 9.10. The van der Waals surface area contributed by atoms with Crippen LogP contribution in [0.15, 0.2) is 45.7 Å². The number of amides is 1. The number of hydrogen-bond donors (Lipinski definition) is 2. The summed E-state index contributed by atoms with van der Waals surface area (Å²) in [5, 5.41) is 8.50. The van der Waals surface area contributed by atoms with Crippen molar-refractivity contribution in [1.82, 2.24) is 10.2 Å². The molecule has 2 rings (SSSR count). The largest absolute Gasteiger partial charge is 0.305 e. The van der Waals surface area contributed by atoms with Gasteiger partial charge in [-0.1, -0.05) is 22.0 Å². The van der Waals surface area contributed by atoms with Gasteiger partial charge in [-0.3, -0.25) is 9.59 Å². The summed E-state index contributed by atoms with van der Waals surface area (Å²) < 4.78 is 0.819. The van der Waals surface area contributed by atoms with E-state index >= 15 is 0 Å². The fourth-order valence-corrected chi connectivity index (χ4v) is 1.63. The topological polar surface area (TPSA) is 74.8 Å². The number of aromatic nitrogens is 2. The molecule has 5 nitrogen and oxygen atoms in total. The Labute approximate surface area is 105 Å². The number of aromatic amines is 1. The van der Waals surface area contributed by atoms with E-state index in [2.05, 4.69) is 31.4 Å². The summed E-state index contributed by atoms with van der Waals surface area (Å²) in [7, 11) is 0. The Bertz CT molecular complexity index is 589. The second-order valence-corrected chi connectivity index (χ2v) is 4.19. The minimum Gasteiger partial charge on any atom is -0.305 e. The first-order valence-corrected chi connectivity index (χ1v) is 5.57. The molecule has 0 aliphatic carbocycles. The van der Waals surface area contributed by atoms with Crippen molar-refractivity contribution in [3.05, 3.63) is 56.8 Å². The smallest absolute Gasteiger partial charge is 0.264 e. The van der Waals surface area contributed by atoms with E-state index in [-0.39, 0.29) is 11.5 Å². The van der Waals surface area contributed by atoms with Crippen LogP contribution in [0.2, 0.25) is 0 Å². The van der Waals surface area contributed by atoms with Gasteiger partial charge in [0, 0.05) is 16.1 Å². The van der Waals surface area contributed by atoms with E-state index < -0.39 is 0 Å². The van der Waals surface area contributed by atoms with E-state index in [1.807, 2.05) is 6.07 Å². The molecule has 0 radical (unpaired) electrons. The van der Waals surface area contributed by atoms with E-state index in [0.717, 1.165) is 4.47 Å².